The maximum absolute atomic E-state index is 4.18. The minimum Gasteiger partial charge on any atom is -0.311 e. The van der Waals surface area contributed by atoms with Crippen LogP contribution < -0.4 is 5.32 Å². The number of pyridine rings is 1. The lowest BCUT2D eigenvalue weighted by Crippen LogP contribution is -2.46. The van der Waals surface area contributed by atoms with Crippen molar-refractivity contribution in [3.8, 4) is 0 Å². The quantitative estimate of drug-likeness (QED) is 0.828. The summed E-state index contributed by atoms with van der Waals surface area (Å²) in [6.07, 6.45) is 4.95. The van der Waals surface area contributed by atoms with Crippen molar-refractivity contribution < 1.29 is 0 Å². The van der Waals surface area contributed by atoms with Gasteiger partial charge >= 0.3 is 0 Å². The van der Waals surface area contributed by atoms with Crippen LogP contribution >= 0.6 is 0 Å². The van der Waals surface area contributed by atoms with E-state index in [0.717, 1.165) is 19.6 Å². The second kappa shape index (κ2) is 7.19. The molecule has 0 fully saturated rings. The smallest absolute Gasteiger partial charge is 0.0312 e. The lowest BCUT2D eigenvalue weighted by atomic mass is 9.86. The van der Waals surface area contributed by atoms with E-state index in [0.29, 0.717) is 5.41 Å². The maximum Gasteiger partial charge on any atom is 0.0312 e. The molecule has 0 aliphatic rings. The molecule has 20 heavy (non-hydrogen) atoms. The molecule has 3 heteroatoms. The second-order valence-corrected chi connectivity index (χ2v) is 7.30. The minimum atomic E-state index is 0.179. The zero-order chi connectivity index (χ0) is 15.2. The van der Waals surface area contributed by atoms with E-state index in [-0.39, 0.29) is 5.54 Å². The molecule has 0 amide bonds. The molecule has 114 valence electrons. The summed E-state index contributed by atoms with van der Waals surface area (Å²) < 4.78 is 0. The predicted octanol–water partition coefficient (Wildman–Crippen LogP) is 3.32. The average Bonchev–Trinajstić information content (AvgIpc) is 2.37. The molecule has 0 saturated carbocycles. The number of nitrogens with zero attached hydrogens (tertiary/aromatic N) is 2. The molecule has 0 radical (unpaired) electrons. The fraction of sp³-hybridized carbons (Fsp3) is 0.706. The third kappa shape index (κ3) is 6.49. The van der Waals surface area contributed by atoms with Gasteiger partial charge in [0.2, 0.25) is 0 Å². The lowest BCUT2D eigenvalue weighted by molar-refractivity contribution is 0.164. The second-order valence-electron chi connectivity index (χ2n) is 7.30. The van der Waals surface area contributed by atoms with E-state index in [4.69, 9.17) is 0 Å². The van der Waals surface area contributed by atoms with Crippen LogP contribution in [0, 0.1) is 5.41 Å². The fourth-order valence-corrected chi connectivity index (χ4v) is 2.28. The van der Waals surface area contributed by atoms with E-state index in [1.807, 2.05) is 18.5 Å². The molecule has 1 unspecified atom stereocenters. The van der Waals surface area contributed by atoms with Crippen molar-refractivity contribution >= 4 is 0 Å². The Labute approximate surface area is 124 Å². The maximum atomic E-state index is 4.18. The van der Waals surface area contributed by atoms with Crippen LogP contribution in [0.25, 0.3) is 0 Å². The molecule has 1 heterocycles. The van der Waals surface area contributed by atoms with Gasteiger partial charge in [-0.25, -0.2) is 0 Å². The Balaban J connectivity index is 2.53. The van der Waals surface area contributed by atoms with Crippen molar-refractivity contribution in [1.82, 2.24) is 15.2 Å². The summed E-state index contributed by atoms with van der Waals surface area (Å²) in [5.74, 6) is 0. The Morgan fingerprint density at radius 2 is 1.95 bits per heavy atom. The van der Waals surface area contributed by atoms with E-state index in [1.165, 1.54) is 12.0 Å². The number of hydrogen-bond donors (Lipinski definition) is 1. The van der Waals surface area contributed by atoms with E-state index < -0.39 is 0 Å². The Morgan fingerprint density at radius 1 is 1.25 bits per heavy atom. The van der Waals surface area contributed by atoms with Gasteiger partial charge in [-0.3, -0.25) is 4.98 Å². The fourth-order valence-electron chi connectivity index (χ4n) is 2.28. The van der Waals surface area contributed by atoms with E-state index >= 15 is 0 Å². The summed E-state index contributed by atoms with van der Waals surface area (Å²) in [6, 6.07) is 4.14. The van der Waals surface area contributed by atoms with Crippen LogP contribution in [0.1, 0.15) is 46.6 Å². The van der Waals surface area contributed by atoms with Gasteiger partial charge in [0, 0.05) is 37.6 Å². The summed E-state index contributed by atoms with van der Waals surface area (Å²) in [7, 11) is 2.19. The summed E-state index contributed by atoms with van der Waals surface area (Å²) in [4.78, 5) is 6.58. The monoisotopic (exact) mass is 277 g/mol. The summed E-state index contributed by atoms with van der Waals surface area (Å²) >= 11 is 0. The third-order valence-electron chi connectivity index (χ3n) is 3.73. The lowest BCUT2D eigenvalue weighted by Gasteiger charge is -2.36. The van der Waals surface area contributed by atoms with Crippen molar-refractivity contribution in [2.75, 3.05) is 20.1 Å². The molecular formula is C17H31N3. The van der Waals surface area contributed by atoms with Crippen molar-refractivity contribution in [3.05, 3.63) is 30.1 Å². The standard InChI is InChI=1S/C17H31N3/c1-7-17(5,13-19-16(2,3)4)14-20(6)12-15-9-8-10-18-11-15/h8-11,19H,7,12-14H2,1-6H3. The summed E-state index contributed by atoms with van der Waals surface area (Å²) in [6.45, 7) is 14.4. The molecule has 0 bridgehead atoms. The highest BCUT2D eigenvalue weighted by atomic mass is 15.1. The largest absolute Gasteiger partial charge is 0.311 e. The van der Waals surface area contributed by atoms with Gasteiger partial charge in [-0.1, -0.05) is 19.9 Å². The molecule has 0 spiro atoms. The number of rotatable bonds is 7. The van der Waals surface area contributed by atoms with Crippen LogP contribution in [-0.4, -0.2) is 35.6 Å². The Morgan fingerprint density at radius 3 is 2.45 bits per heavy atom. The Kier molecular flexibility index (Phi) is 6.15. The zero-order valence-corrected chi connectivity index (χ0v) is 14.0. The third-order valence-corrected chi connectivity index (χ3v) is 3.73. The number of aromatic nitrogens is 1. The van der Waals surface area contributed by atoms with Gasteiger partial charge in [0.15, 0.2) is 0 Å². The summed E-state index contributed by atoms with van der Waals surface area (Å²) in [5.41, 5.74) is 1.75. The van der Waals surface area contributed by atoms with E-state index in [1.54, 1.807) is 0 Å². The SMILES string of the molecule is CCC(C)(CNC(C)(C)C)CN(C)Cc1cccnc1. The molecule has 1 rings (SSSR count). The van der Waals surface area contributed by atoms with E-state index in [9.17, 15) is 0 Å². The molecule has 0 aromatic carbocycles. The van der Waals surface area contributed by atoms with Crippen molar-refractivity contribution in [3.63, 3.8) is 0 Å². The molecule has 1 aromatic heterocycles. The van der Waals surface area contributed by atoms with Crippen LogP contribution in [0.4, 0.5) is 0 Å². The molecule has 0 saturated heterocycles. The average molecular weight is 277 g/mol. The minimum absolute atomic E-state index is 0.179. The first kappa shape index (κ1) is 17.1. The van der Waals surface area contributed by atoms with Crippen LogP contribution in [0.2, 0.25) is 0 Å². The molecule has 0 aliphatic heterocycles. The molecule has 3 nitrogen and oxygen atoms in total. The summed E-state index contributed by atoms with van der Waals surface area (Å²) in [5, 5.41) is 3.64. The predicted molar refractivity (Wildman–Crippen MR) is 86.7 cm³/mol. The van der Waals surface area contributed by atoms with Crippen molar-refractivity contribution in [2.45, 2.75) is 53.1 Å². The van der Waals surface area contributed by atoms with Gasteiger partial charge in [-0.15, -0.1) is 0 Å². The van der Waals surface area contributed by atoms with Gasteiger partial charge in [0.05, 0.1) is 0 Å². The molecule has 1 aromatic rings. The highest BCUT2D eigenvalue weighted by molar-refractivity contribution is 5.08. The highest BCUT2D eigenvalue weighted by Crippen LogP contribution is 2.23. The van der Waals surface area contributed by atoms with Gasteiger partial charge in [-0.05, 0) is 51.3 Å². The van der Waals surface area contributed by atoms with Crippen molar-refractivity contribution in [1.29, 1.82) is 0 Å². The molecule has 0 aliphatic carbocycles. The van der Waals surface area contributed by atoms with Gasteiger partial charge < -0.3 is 10.2 Å². The van der Waals surface area contributed by atoms with Crippen LogP contribution in [0.3, 0.4) is 0 Å². The van der Waals surface area contributed by atoms with E-state index in [2.05, 4.69) is 62.9 Å². The Bertz CT molecular complexity index is 383. The molecule has 1 atom stereocenters. The first-order valence-electron chi connectivity index (χ1n) is 7.56. The topological polar surface area (TPSA) is 28.2 Å². The normalized spacial score (nSPS) is 15.3. The first-order chi connectivity index (χ1) is 9.24. The van der Waals surface area contributed by atoms with Gasteiger partial charge in [0.1, 0.15) is 0 Å². The van der Waals surface area contributed by atoms with Crippen molar-refractivity contribution in [2.24, 2.45) is 5.41 Å². The zero-order valence-electron chi connectivity index (χ0n) is 14.0. The van der Waals surface area contributed by atoms with Crippen LogP contribution in [0.15, 0.2) is 24.5 Å². The molecular weight excluding hydrogens is 246 g/mol. The van der Waals surface area contributed by atoms with Gasteiger partial charge in [0.25, 0.3) is 0 Å². The first-order valence-corrected chi connectivity index (χ1v) is 7.56. The Hall–Kier alpha value is -0.930. The van der Waals surface area contributed by atoms with Gasteiger partial charge in [-0.2, -0.15) is 0 Å². The number of nitrogens with one attached hydrogen (secondary N) is 1. The number of hydrogen-bond acceptors (Lipinski definition) is 3. The molecule has 1 N–H and O–H groups in total. The van der Waals surface area contributed by atoms with Crippen LogP contribution in [-0.2, 0) is 6.54 Å². The highest BCUT2D eigenvalue weighted by Gasteiger charge is 2.25. The van der Waals surface area contributed by atoms with Crippen LogP contribution in [0.5, 0.6) is 0 Å².